The summed E-state index contributed by atoms with van der Waals surface area (Å²) in [6.45, 7) is 6.32. The number of aryl methyl sites for hydroxylation is 2. The van der Waals surface area contributed by atoms with Gasteiger partial charge >= 0.3 is 6.03 Å². The number of hydrogen-bond donors (Lipinski definition) is 2. The van der Waals surface area contributed by atoms with E-state index in [2.05, 4.69) is 10.6 Å². The molecule has 1 aliphatic rings. The van der Waals surface area contributed by atoms with Crippen LogP contribution in [0.1, 0.15) is 23.6 Å². The van der Waals surface area contributed by atoms with Gasteiger partial charge in [0.25, 0.3) is 0 Å². The Hall–Kier alpha value is -2.82. The number of fused-ring (bicyclic) bond motifs is 1. The summed E-state index contributed by atoms with van der Waals surface area (Å²) in [5.41, 5.74) is 4.98. The largest absolute Gasteiger partial charge is 0.326 e. The first kappa shape index (κ1) is 17.0. The quantitative estimate of drug-likeness (QED) is 0.902. The van der Waals surface area contributed by atoms with E-state index in [1.165, 1.54) is 5.56 Å². The predicted octanol–water partition coefficient (Wildman–Crippen LogP) is 3.40. The molecule has 0 spiro atoms. The van der Waals surface area contributed by atoms with Crippen LogP contribution in [0, 0.1) is 13.8 Å². The van der Waals surface area contributed by atoms with Crippen LogP contribution in [-0.2, 0) is 11.2 Å². The Kier molecular flexibility index (Phi) is 4.74. The Morgan fingerprint density at radius 1 is 1.12 bits per heavy atom. The molecule has 1 heterocycles. The van der Waals surface area contributed by atoms with Crippen molar-refractivity contribution in [2.24, 2.45) is 0 Å². The van der Waals surface area contributed by atoms with E-state index in [4.69, 9.17) is 0 Å². The van der Waals surface area contributed by atoms with Gasteiger partial charge in [-0.25, -0.2) is 4.79 Å². The highest BCUT2D eigenvalue weighted by atomic mass is 16.2. The molecule has 0 radical (unpaired) electrons. The Morgan fingerprint density at radius 2 is 1.88 bits per heavy atom. The molecule has 0 bridgehead atoms. The lowest BCUT2D eigenvalue weighted by Crippen LogP contribution is -2.47. The number of urea groups is 1. The summed E-state index contributed by atoms with van der Waals surface area (Å²) < 4.78 is 0. The summed E-state index contributed by atoms with van der Waals surface area (Å²) in [4.78, 5) is 26.7. The number of nitrogens with one attached hydrogen (secondary N) is 2. The van der Waals surface area contributed by atoms with E-state index >= 15 is 0 Å². The number of carbonyl (C=O) groups excluding carboxylic acids is 2. The van der Waals surface area contributed by atoms with Crippen LogP contribution in [0.15, 0.2) is 42.5 Å². The summed E-state index contributed by atoms with van der Waals surface area (Å²) in [7, 11) is 0. The summed E-state index contributed by atoms with van der Waals surface area (Å²) in [5.74, 6) is -0.0965. The van der Waals surface area contributed by atoms with Crippen molar-refractivity contribution in [3.63, 3.8) is 0 Å². The molecule has 0 saturated heterocycles. The van der Waals surface area contributed by atoms with Gasteiger partial charge < -0.3 is 15.5 Å². The van der Waals surface area contributed by atoms with Crippen molar-refractivity contribution in [1.82, 2.24) is 5.32 Å². The summed E-state index contributed by atoms with van der Waals surface area (Å²) >= 11 is 0. The molecule has 0 fully saturated rings. The molecule has 5 heteroatoms. The van der Waals surface area contributed by atoms with Crippen LogP contribution in [0.25, 0.3) is 0 Å². The molecule has 5 nitrogen and oxygen atoms in total. The average Bonchev–Trinajstić information content (AvgIpc) is 3.00. The normalized spacial score (nSPS) is 14.0. The Balaban J connectivity index is 1.63. The zero-order valence-electron chi connectivity index (χ0n) is 14.8. The molecule has 130 valence electrons. The minimum atomic E-state index is -0.600. The topological polar surface area (TPSA) is 61.4 Å². The average molecular weight is 337 g/mol. The van der Waals surface area contributed by atoms with E-state index in [1.807, 2.05) is 56.3 Å². The first-order valence-electron chi connectivity index (χ1n) is 8.50. The van der Waals surface area contributed by atoms with Gasteiger partial charge in [-0.05, 0) is 50.5 Å². The van der Waals surface area contributed by atoms with E-state index in [0.29, 0.717) is 6.54 Å². The molecule has 1 aliphatic heterocycles. The molecular weight excluding hydrogens is 314 g/mol. The van der Waals surface area contributed by atoms with Crippen molar-refractivity contribution in [1.29, 1.82) is 0 Å². The fraction of sp³-hybridized carbons (Fsp3) is 0.300. The highest BCUT2D eigenvalue weighted by molar-refractivity contribution is 6.01. The van der Waals surface area contributed by atoms with Crippen molar-refractivity contribution in [3.05, 3.63) is 59.2 Å². The number of rotatable bonds is 3. The highest BCUT2D eigenvalue weighted by Gasteiger charge is 2.28. The third-order valence-electron chi connectivity index (χ3n) is 4.50. The summed E-state index contributed by atoms with van der Waals surface area (Å²) in [6.07, 6.45) is 0.851. The Bertz CT molecular complexity index is 816. The van der Waals surface area contributed by atoms with Gasteiger partial charge in [0.15, 0.2) is 0 Å². The monoisotopic (exact) mass is 337 g/mol. The molecule has 1 atom stereocenters. The molecule has 25 heavy (non-hydrogen) atoms. The second-order valence-corrected chi connectivity index (χ2v) is 6.51. The van der Waals surface area contributed by atoms with Gasteiger partial charge in [0, 0.05) is 17.9 Å². The van der Waals surface area contributed by atoms with Gasteiger partial charge in [-0.3, -0.25) is 4.79 Å². The standard InChI is InChI=1S/C20H23N3O2/c1-13-8-9-17(14(2)12-13)22-20(25)21-15(3)19(24)23-11-10-16-6-4-5-7-18(16)23/h4-9,12,15H,10-11H2,1-3H3,(H2,21,22,25). The molecule has 2 aromatic rings. The van der Waals surface area contributed by atoms with E-state index in [-0.39, 0.29) is 11.9 Å². The van der Waals surface area contributed by atoms with Crippen molar-refractivity contribution in [2.45, 2.75) is 33.2 Å². The van der Waals surface area contributed by atoms with Crippen LogP contribution >= 0.6 is 0 Å². The summed E-state index contributed by atoms with van der Waals surface area (Å²) in [5, 5.41) is 5.55. The van der Waals surface area contributed by atoms with E-state index in [0.717, 1.165) is 28.9 Å². The molecule has 3 rings (SSSR count). The molecule has 0 aliphatic carbocycles. The second-order valence-electron chi connectivity index (χ2n) is 6.51. The number of para-hydroxylation sites is 1. The molecule has 3 amide bonds. The van der Waals surface area contributed by atoms with Gasteiger partial charge in [0.05, 0.1) is 0 Å². The maximum atomic E-state index is 12.7. The van der Waals surface area contributed by atoms with Gasteiger partial charge in [-0.1, -0.05) is 35.9 Å². The number of hydrogen-bond acceptors (Lipinski definition) is 2. The maximum absolute atomic E-state index is 12.7. The second kappa shape index (κ2) is 6.97. The first-order chi connectivity index (χ1) is 12.0. The lowest BCUT2D eigenvalue weighted by Gasteiger charge is -2.22. The molecule has 0 aromatic heterocycles. The van der Waals surface area contributed by atoms with E-state index in [9.17, 15) is 9.59 Å². The van der Waals surface area contributed by atoms with E-state index < -0.39 is 6.04 Å². The number of benzene rings is 2. The van der Waals surface area contributed by atoms with Crippen LogP contribution in [0.4, 0.5) is 16.2 Å². The van der Waals surface area contributed by atoms with Gasteiger partial charge in [-0.15, -0.1) is 0 Å². The third-order valence-corrected chi connectivity index (χ3v) is 4.50. The minimum Gasteiger partial charge on any atom is -0.326 e. The van der Waals surface area contributed by atoms with Crippen molar-refractivity contribution < 1.29 is 9.59 Å². The third kappa shape index (κ3) is 3.65. The Morgan fingerprint density at radius 3 is 2.64 bits per heavy atom. The molecule has 0 saturated carbocycles. The van der Waals surface area contributed by atoms with Crippen molar-refractivity contribution in [2.75, 3.05) is 16.8 Å². The van der Waals surface area contributed by atoms with Gasteiger partial charge in [0.2, 0.25) is 5.91 Å². The number of carbonyl (C=O) groups is 2. The predicted molar refractivity (Wildman–Crippen MR) is 100 cm³/mol. The maximum Gasteiger partial charge on any atom is 0.319 e. The van der Waals surface area contributed by atoms with Crippen molar-refractivity contribution in [3.8, 4) is 0 Å². The molecule has 2 N–H and O–H groups in total. The molecule has 1 unspecified atom stereocenters. The summed E-state index contributed by atoms with van der Waals surface area (Å²) in [6, 6.07) is 12.7. The first-order valence-corrected chi connectivity index (χ1v) is 8.50. The van der Waals surface area contributed by atoms with Crippen LogP contribution in [0.5, 0.6) is 0 Å². The lowest BCUT2D eigenvalue weighted by molar-refractivity contribution is -0.119. The smallest absolute Gasteiger partial charge is 0.319 e. The Labute approximate surface area is 148 Å². The fourth-order valence-corrected chi connectivity index (χ4v) is 3.17. The van der Waals surface area contributed by atoms with E-state index in [1.54, 1.807) is 11.8 Å². The lowest BCUT2D eigenvalue weighted by atomic mass is 10.1. The number of nitrogens with zero attached hydrogens (tertiary/aromatic N) is 1. The van der Waals surface area contributed by atoms with Gasteiger partial charge in [0.1, 0.15) is 6.04 Å². The highest BCUT2D eigenvalue weighted by Crippen LogP contribution is 2.27. The zero-order chi connectivity index (χ0) is 18.0. The van der Waals surface area contributed by atoms with Crippen LogP contribution < -0.4 is 15.5 Å². The number of anilines is 2. The number of amides is 3. The fourth-order valence-electron chi connectivity index (χ4n) is 3.17. The van der Waals surface area contributed by atoms with Crippen LogP contribution in [0.3, 0.4) is 0 Å². The molecular formula is C20H23N3O2. The SMILES string of the molecule is Cc1ccc(NC(=O)NC(C)C(=O)N2CCc3ccccc32)c(C)c1. The minimum absolute atomic E-state index is 0.0965. The zero-order valence-corrected chi connectivity index (χ0v) is 14.8. The van der Waals surface area contributed by atoms with Crippen LogP contribution in [-0.4, -0.2) is 24.5 Å². The van der Waals surface area contributed by atoms with Crippen molar-refractivity contribution >= 4 is 23.3 Å². The van der Waals surface area contributed by atoms with Crippen LogP contribution in [0.2, 0.25) is 0 Å². The van der Waals surface area contributed by atoms with Gasteiger partial charge in [-0.2, -0.15) is 0 Å². The molecule has 2 aromatic carbocycles.